The van der Waals surface area contributed by atoms with Gasteiger partial charge >= 0.3 is 0 Å². The summed E-state index contributed by atoms with van der Waals surface area (Å²) in [6, 6.07) is 0. The second-order valence-corrected chi connectivity index (χ2v) is 2.15. The molecule has 0 atom stereocenters. The van der Waals surface area contributed by atoms with Gasteiger partial charge in [-0.2, -0.15) is 0 Å². The number of aryl methyl sites for hydroxylation is 1. The SMILES string of the molecule is CCn1cc(O)c(=O)c(F)c1. The van der Waals surface area contributed by atoms with Crippen LogP contribution >= 0.6 is 0 Å². The van der Waals surface area contributed by atoms with Crippen molar-refractivity contribution in [1.29, 1.82) is 0 Å². The minimum Gasteiger partial charge on any atom is -0.503 e. The van der Waals surface area contributed by atoms with Crippen LogP contribution in [0.25, 0.3) is 0 Å². The Morgan fingerprint density at radius 1 is 1.64 bits per heavy atom. The zero-order valence-electron chi connectivity index (χ0n) is 6.04. The molecular formula is C7H8FNO2. The van der Waals surface area contributed by atoms with Crippen LogP contribution < -0.4 is 5.43 Å². The van der Waals surface area contributed by atoms with Gasteiger partial charge < -0.3 is 9.67 Å². The van der Waals surface area contributed by atoms with Gasteiger partial charge in [0.25, 0.3) is 5.43 Å². The molecule has 0 radical (unpaired) electrons. The average molecular weight is 157 g/mol. The molecule has 0 amide bonds. The Hall–Kier alpha value is -1.32. The number of halogens is 1. The first-order valence-electron chi connectivity index (χ1n) is 3.23. The maximum Gasteiger partial charge on any atom is 0.258 e. The predicted octanol–water partition coefficient (Wildman–Crippen LogP) is 0.713. The van der Waals surface area contributed by atoms with Gasteiger partial charge in [-0.15, -0.1) is 0 Å². The van der Waals surface area contributed by atoms with E-state index in [2.05, 4.69) is 0 Å². The summed E-state index contributed by atoms with van der Waals surface area (Å²) in [4.78, 5) is 10.6. The van der Waals surface area contributed by atoms with E-state index in [-0.39, 0.29) is 0 Å². The van der Waals surface area contributed by atoms with Gasteiger partial charge in [0, 0.05) is 18.9 Å². The summed E-state index contributed by atoms with van der Waals surface area (Å²) in [6.45, 7) is 2.30. The number of aromatic hydroxyl groups is 1. The van der Waals surface area contributed by atoms with Crippen LogP contribution in [0.3, 0.4) is 0 Å². The number of nitrogens with zero attached hydrogens (tertiary/aromatic N) is 1. The van der Waals surface area contributed by atoms with Crippen molar-refractivity contribution in [2.45, 2.75) is 13.5 Å². The molecule has 1 aromatic heterocycles. The molecule has 1 N–H and O–H groups in total. The highest BCUT2D eigenvalue weighted by Crippen LogP contribution is 2.01. The molecule has 0 unspecified atom stereocenters. The van der Waals surface area contributed by atoms with Crippen LogP contribution in [0.2, 0.25) is 0 Å². The first kappa shape index (κ1) is 7.78. The minimum absolute atomic E-state index is 0.519. The molecule has 4 heteroatoms. The Kier molecular flexibility index (Phi) is 1.94. The molecule has 1 heterocycles. The Labute approximate surface area is 62.7 Å². The third-order valence-corrected chi connectivity index (χ3v) is 1.38. The van der Waals surface area contributed by atoms with E-state index in [1.807, 2.05) is 0 Å². The average Bonchev–Trinajstić information content (AvgIpc) is 1.99. The van der Waals surface area contributed by atoms with Gasteiger partial charge in [0.15, 0.2) is 11.6 Å². The highest BCUT2D eigenvalue weighted by molar-refractivity contribution is 5.16. The molecular weight excluding hydrogens is 149 g/mol. The summed E-state index contributed by atoms with van der Waals surface area (Å²) < 4.78 is 13.9. The molecule has 0 aromatic carbocycles. The Morgan fingerprint density at radius 2 is 2.27 bits per heavy atom. The van der Waals surface area contributed by atoms with Crippen LogP contribution in [-0.4, -0.2) is 9.67 Å². The lowest BCUT2D eigenvalue weighted by Gasteiger charge is -2.01. The Bertz CT molecular complexity index is 292. The van der Waals surface area contributed by atoms with Crippen LogP contribution in [-0.2, 0) is 6.54 Å². The van der Waals surface area contributed by atoms with E-state index >= 15 is 0 Å². The highest BCUT2D eigenvalue weighted by Gasteiger charge is 2.03. The molecule has 1 rings (SSSR count). The maximum absolute atomic E-state index is 12.5. The minimum atomic E-state index is -0.949. The summed E-state index contributed by atoms with van der Waals surface area (Å²) in [5.41, 5.74) is -0.949. The zero-order chi connectivity index (χ0) is 8.43. The van der Waals surface area contributed by atoms with Crippen molar-refractivity contribution in [3.05, 3.63) is 28.4 Å². The van der Waals surface area contributed by atoms with Gasteiger partial charge in [-0.1, -0.05) is 0 Å². The largest absolute Gasteiger partial charge is 0.503 e. The van der Waals surface area contributed by atoms with Crippen molar-refractivity contribution in [3.8, 4) is 5.75 Å². The predicted molar refractivity (Wildman–Crippen MR) is 38.0 cm³/mol. The monoisotopic (exact) mass is 157 g/mol. The molecule has 11 heavy (non-hydrogen) atoms. The van der Waals surface area contributed by atoms with E-state index in [0.29, 0.717) is 6.54 Å². The molecule has 60 valence electrons. The molecule has 0 saturated carbocycles. The Morgan fingerprint density at radius 3 is 2.73 bits per heavy atom. The molecule has 0 spiro atoms. The summed E-state index contributed by atoms with van der Waals surface area (Å²) in [7, 11) is 0. The quantitative estimate of drug-likeness (QED) is 0.652. The highest BCUT2D eigenvalue weighted by atomic mass is 19.1. The lowest BCUT2D eigenvalue weighted by Crippen LogP contribution is -2.10. The third-order valence-electron chi connectivity index (χ3n) is 1.38. The smallest absolute Gasteiger partial charge is 0.258 e. The van der Waals surface area contributed by atoms with E-state index < -0.39 is 17.0 Å². The topological polar surface area (TPSA) is 42.2 Å². The fourth-order valence-corrected chi connectivity index (χ4v) is 0.762. The molecule has 1 aromatic rings. The summed E-state index contributed by atoms with van der Waals surface area (Å²) in [5, 5.41) is 8.84. The number of hydrogen-bond donors (Lipinski definition) is 1. The van der Waals surface area contributed by atoms with Crippen molar-refractivity contribution in [2.75, 3.05) is 0 Å². The van der Waals surface area contributed by atoms with E-state index in [9.17, 15) is 9.18 Å². The van der Waals surface area contributed by atoms with Crippen LogP contribution in [0, 0.1) is 5.82 Å². The van der Waals surface area contributed by atoms with E-state index in [0.717, 1.165) is 6.20 Å². The molecule has 0 aliphatic heterocycles. The first-order valence-corrected chi connectivity index (χ1v) is 3.23. The number of aromatic nitrogens is 1. The standard InChI is InChI=1S/C7H8FNO2/c1-2-9-3-5(8)7(11)6(10)4-9/h3-4,10H,2H2,1H3. The lowest BCUT2D eigenvalue weighted by molar-refractivity contribution is 0.449. The van der Waals surface area contributed by atoms with Gasteiger partial charge in [-0.05, 0) is 6.92 Å². The maximum atomic E-state index is 12.5. The Balaban J connectivity index is 3.32. The first-order chi connectivity index (χ1) is 5.15. The van der Waals surface area contributed by atoms with Crippen molar-refractivity contribution >= 4 is 0 Å². The number of rotatable bonds is 1. The molecule has 0 saturated heterocycles. The summed E-state index contributed by atoms with van der Waals surface area (Å²) in [5.74, 6) is -1.47. The van der Waals surface area contributed by atoms with E-state index in [4.69, 9.17) is 5.11 Å². The second kappa shape index (κ2) is 2.74. The van der Waals surface area contributed by atoms with Gasteiger partial charge in [-0.25, -0.2) is 4.39 Å². The van der Waals surface area contributed by atoms with Crippen LogP contribution in [0.4, 0.5) is 4.39 Å². The lowest BCUT2D eigenvalue weighted by atomic mass is 10.4. The number of hydrogen-bond acceptors (Lipinski definition) is 2. The third kappa shape index (κ3) is 1.39. The van der Waals surface area contributed by atoms with Crippen LogP contribution in [0.5, 0.6) is 5.75 Å². The van der Waals surface area contributed by atoms with E-state index in [1.54, 1.807) is 6.92 Å². The second-order valence-electron chi connectivity index (χ2n) is 2.15. The van der Waals surface area contributed by atoms with Crippen molar-refractivity contribution in [3.63, 3.8) is 0 Å². The fraction of sp³-hybridized carbons (Fsp3) is 0.286. The van der Waals surface area contributed by atoms with Crippen molar-refractivity contribution in [1.82, 2.24) is 4.57 Å². The molecule has 0 fully saturated rings. The molecule has 0 bridgehead atoms. The van der Waals surface area contributed by atoms with Crippen molar-refractivity contribution < 1.29 is 9.50 Å². The van der Waals surface area contributed by atoms with Gasteiger partial charge in [0.05, 0.1) is 0 Å². The van der Waals surface area contributed by atoms with Gasteiger partial charge in [0.1, 0.15) is 0 Å². The normalized spacial score (nSPS) is 10.0. The zero-order valence-corrected chi connectivity index (χ0v) is 6.04. The van der Waals surface area contributed by atoms with Crippen LogP contribution in [0.1, 0.15) is 6.92 Å². The molecule has 0 aliphatic rings. The number of pyridine rings is 1. The molecule has 3 nitrogen and oxygen atoms in total. The van der Waals surface area contributed by atoms with Crippen molar-refractivity contribution in [2.24, 2.45) is 0 Å². The van der Waals surface area contributed by atoms with Crippen LogP contribution in [0.15, 0.2) is 17.2 Å². The van der Waals surface area contributed by atoms with E-state index in [1.165, 1.54) is 10.8 Å². The van der Waals surface area contributed by atoms with Gasteiger partial charge in [0.2, 0.25) is 0 Å². The fourth-order valence-electron chi connectivity index (χ4n) is 0.762. The summed E-state index contributed by atoms with van der Waals surface area (Å²) >= 11 is 0. The molecule has 0 aliphatic carbocycles. The van der Waals surface area contributed by atoms with Gasteiger partial charge in [-0.3, -0.25) is 4.79 Å². The summed E-state index contributed by atoms with van der Waals surface area (Å²) in [6.07, 6.45) is 2.26.